The summed E-state index contributed by atoms with van der Waals surface area (Å²) in [6, 6.07) is 73.9. The third kappa shape index (κ3) is 5.05. The normalized spacial score (nSPS) is 11.6. The zero-order valence-corrected chi connectivity index (χ0v) is 29.9. The van der Waals surface area contributed by atoms with Gasteiger partial charge in [-0.3, -0.25) is 0 Å². The fraction of sp³-hybridized carbons (Fsp3) is 0. The third-order valence-corrected chi connectivity index (χ3v) is 11.0. The van der Waals surface area contributed by atoms with Gasteiger partial charge < -0.3 is 13.9 Å². The second-order valence-electron chi connectivity index (χ2n) is 14.1. The highest BCUT2D eigenvalue weighted by molar-refractivity contribution is 6.19. The van der Waals surface area contributed by atoms with Gasteiger partial charge in [0.1, 0.15) is 11.2 Å². The fourth-order valence-electron chi connectivity index (χ4n) is 8.49. The maximum absolute atomic E-state index is 6.55. The van der Waals surface area contributed by atoms with Crippen LogP contribution in [0.15, 0.2) is 211 Å². The minimum atomic E-state index is 0.898. The Kier molecular flexibility index (Phi) is 7.17. The van der Waals surface area contributed by atoms with Crippen molar-refractivity contribution >= 4 is 71.6 Å². The van der Waals surface area contributed by atoms with Crippen molar-refractivity contribution in [1.29, 1.82) is 0 Å². The third-order valence-electron chi connectivity index (χ3n) is 11.0. The Hall–Kier alpha value is -7.36. The van der Waals surface area contributed by atoms with E-state index < -0.39 is 0 Å². The van der Waals surface area contributed by atoms with E-state index in [0.717, 1.165) is 61.2 Å². The van der Waals surface area contributed by atoms with Crippen LogP contribution in [0.2, 0.25) is 0 Å². The van der Waals surface area contributed by atoms with Gasteiger partial charge in [-0.05, 0) is 94.4 Å². The summed E-state index contributed by atoms with van der Waals surface area (Å²) < 4.78 is 8.93. The Morgan fingerprint density at radius 2 is 1.00 bits per heavy atom. The van der Waals surface area contributed by atoms with Gasteiger partial charge in [0.05, 0.1) is 16.7 Å². The number of fused-ring (bicyclic) bond motifs is 8. The maximum atomic E-state index is 6.55. The smallest absolute Gasteiger partial charge is 0.143 e. The molecule has 0 saturated heterocycles. The molecule has 2 aromatic heterocycles. The van der Waals surface area contributed by atoms with E-state index in [1.807, 2.05) is 0 Å². The van der Waals surface area contributed by atoms with Crippen LogP contribution in [0, 0.1) is 0 Å². The Morgan fingerprint density at radius 3 is 1.78 bits per heavy atom. The molecule has 11 rings (SSSR count). The first-order chi connectivity index (χ1) is 27.3. The molecular weight excluding hydrogens is 669 g/mol. The Bertz CT molecular complexity index is 3180. The second kappa shape index (κ2) is 12.6. The average molecular weight is 703 g/mol. The van der Waals surface area contributed by atoms with Gasteiger partial charge in [0.2, 0.25) is 0 Å². The monoisotopic (exact) mass is 702 g/mol. The quantitative estimate of drug-likeness (QED) is 0.172. The standard InChI is InChI=1S/C52H34N2O/c1-3-13-35(14-4-1)36-25-30-40(31-26-36)53(47-22-12-23-48-51(47)44-19-9-10-21-46(44)54(48)39-16-5-2-6-17-39)41-32-27-38(28-33-41)42-20-11-24-49-50(42)45-34-29-37-15-7-8-18-43(37)52(45)55-49/h1-34H. The Labute approximate surface area is 318 Å². The zero-order valence-electron chi connectivity index (χ0n) is 29.9. The van der Waals surface area contributed by atoms with E-state index >= 15 is 0 Å². The van der Waals surface area contributed by atoms with Gasteiger partial charge in [-0.2, -0.15) is 0 Å². The molecule has 3 nitrogen and oxygen atoms in total. The lowest BCUT2D eigenvalue weighted by Crippen LogP contribution is -2.10. The summed E-state index contributed by atoms with van der Waals surface area (Å²) in [5, 5.41) is 7.01. The van der Waals surface area contributed by atoms with E-state index in [1.165, 1.54) is 38.3 Å². The highest BCUT2D eigenvalue weighted by atomic mass is 16.3. The first kappa shape index (κ1) is 31.2. The van der Waals surface area contributed by atoms with Crippen LogP contribution in [0.5, 0.6) is 0 Å². The summed E-state index contributed by atoms with van der Waals surface area (Å²) >= 11 is 0. The summed E-state index contributed by atoms with van der Waals surface area (Å²) in [7, 11) is 0. The number of hydrogen-bond donors (Lipinski definition) is 0. The van der Waals surface area contributed by atoms with E-state index in [4.69, 9.17) is 4.42 Å². The lowest BCUT2D eigenvalue weighted by atomic mass is 9.98. The van der Waals surface area contributed by atoms with Crippen molar-refractivity contribution in [3.05, 3.63) is 206 Å². The zero-order chi connectivity index (χ0) is 36.3. The molecule has 0 aliphatic heterocycles. The van der Waals surface area contributed by atoms with Crippen LogP contribution >= 0.6 is 0 Å². The van der Waals surface area contributed by atoms with Crippen LogP contribution in [0.25, 0.3) is 82.5 Å². The van der Waals surface area contributed by atoms with Gasteiger partial charge >= 0.3 is 0 Å². The van der Waals surface area contributed by atoms with E-state index in [2.05, 4.69) is 216 Å². The lowest BCUT2D eigenvalue weighted by Gasteiger charge is -2.27. The minimum absolute atomic E-state index is 0.898. The molecule has 0 radical (unpaired) electrons. The van der Waals surface area contributed by atoms with Crippen molar-refractivity contribution in [2.75, 3.05) is 4.90 Å². The molecule has 0 aliphatic carbocycles. The predicted octanol–water partition coefficient (Wildman–Crippen LogP) is 14.6. The van der Waals surface area contributed by atoms with Crippen molar-refractivity contribution < 1.29 is 4.42 Å². The number of anilines is 3. The lowest BCUT2D eigenvalue weighted by molar-refractivity contribution is 0.673. The number of nitrogens with zero attached hydrogens (tertiary/aromatic N) is 2. The van der Waals surface area contributed by atoms with Crippen LogP contribution in [0.3, 0.4) is 0 Å². The van der Waals surface area contributed by atoms with Crippen molar-refractivity contribution in [3.8, 4) is 27.9 Å². The highest BCUT2D eigenvalue weighted by Crippen LogP contribution is 2.45. The molecule has 9 aromatic carbocycles. The number of rotatable bonds is 6. The van der Waals surface area contributed by atoms with E-state index in [0.29, 0.717) is 0 Å². The van der Waals surface area contributed by atoms with Crippen LogP contribution in [-0.2, 0) is 0 Å². The first-order valence-electron chi connectivity index (χ1n) is 18.8. The summed E-state index contributed by atoms with van der Waals surface area (Å²) in [4.78, 5) is 2.41. The minimum Gasteiger partial charge on any atom is -0.455 e. The summed E-state index contributed by atoms with van der Waals surface area (Å²) in [5.41, 5.74) is 13.3. The van der Waals surface area contributed by atoms with Crippen molar-refractivity contribution in [2.45, 2.75) is 0 Å². The molecule has 11 aromatic rings. The van der Waals surface area contributed by atoms with Gasteiger partial charge in [-0.1, -0.05) is 140 Å². The largest absolute Gasteiger partial charge is 0.455 e. The molecule has 0 N–H and O–H groups in total. The Morgan fingerprint density at radius 1 is 0.382 bits per heavy atom. The van der Waals surface area contributed by atoms with Gasteiger partial charge in [0.15, 0.2) is 0 Å². The molecule has 0 atom stereocenters. The fourth-order valence-corrected chi connectivity index (χ4v) is 8.49. The number of hydrogen-bond acceptors (Lipinski definition) is 2. The molecule has 0 spiro atoms. The SMILES string of the molecule is c1ccc(-c2ccc(N(c3ccc(-c4cccc5oc6c7ccccc7ccc6c45)cc3)c3cccc4c3c3ccccc3n4-c3ccccc3)cc2)cc1. The van der Waals surface area contributed by atoms with Gasteiger partial charge in [-0.25, -0.2) is 0 Å². The molecular formula is C52H34N2O. The first-order valence-corrected chi connectivity index (χ1v) is 18.8. The summed E-state index contributed by atoms with van der Waals surface area (Å²) in [6.45, 7) is 0. The van der Waals surface area contributed by atoms with Gasteiger partial charge in [0, 0.05) is 44.0 Å². The van der Waals surface area contributed by atoms with Crippen LogP contribution < -0.4 is 4.90 Å². The van der Waals surface area contributed by atoms with E-state index in [1.54, 1.807) is 0 Å². The topological polar surface area (TPSA) is 21.3 Å². The molecule has 0 fully saturated rings. The molecule has 2 heterocycles. The number of para-hydroxylation sites is 2. The maximum Gasteiger partial charge on any atom is 0.143 e. The molecule has 0 saturated carbocycles. The van der Waals surface area contributed by atoms with Crippen LogP contribution in [-0.4, -0.2) is 4.57 Å². The molecule has 55 heavy (non-hydrogen) atoms. The summed E-state index contributed by atoms with van der Waals surface area (Å²) in [5.74, 6) is 0. The molecule has 0 unspecified atom stereocenters. The molecule has 0 amide bonds. The van der Waals surface area contributed by atoms with Crippen molar-refractivity contribution in [1.82, 2.24) is 4.57 Å². The second-order valence-corrected chi connectivity index (χ2v) is 14.1. The van der Waals surface area contributed by atoms with Crippen LogP contribution in [0.4, 0.5) is 17.1 Å². The number of furan rings is 1. The molecule has 0 aliphatic rings. The van der Waals surface area contributed by atoms with Crippen molar-refractivity contribution in [3.63, 3.8) is 0 Å². The Balaban J connectivity index is 1.10. The van der Waals surface area contributed by atoms with Gasteiger partial charge in [0.25, 0.3) is 0 Å². The van der Waals surface area contributed by atoms with E-state index in [-0.39, 0.29) is 0 Å². The van der Waals surface area contributed by atoms with Crippen molar-refractivity contribution in [2.24, 2.45) is 0 Å². The number of aromatic nitrogens is 1. The average Bonchev–Trinajstić information content (AvgIpc) is 3.82. The molecule has 3 heteroatoms. The predicted molar refractivity (Wildman–Crippen MR) is 231 cm³/mol. The van der Waals surface area contributed by atoms with E-state index in [9.17, 15) is 0 Å². The molecule has 258 valence electrons. The number of benzene rings is 9. The molecule has 0 bridgehead atoms. The summed E-state index contributed by atoms with van der Waals surface area (Å²) in [6.07, 6.45) is 0. The highest BCUT2D eigenvalue weighted by Gasteiger charge is 2.22. The van der Waals surface area contributed by atoms with Gasteiger partial charge in [-0.15, -0.1) is 0 Å². The van der Waals surface area contributed by atoms with Crippen LogP contribution in [0.1, 0.15) is 0 Å².